The molecule has 1 aromatic heterocycles. The molecule has 0 amide bonds. The van der Waals surface area contributed by atoms with Crippen LogP contribution in [0.1, 0.15) is 42.9 Å². The Morgan fingerprint density at radius 3 is 2.81 bits per heavy atom. The molecular formula is C17H23N3O5S. The van der Waals surface area contributed by atoms with E-state index in [4.69, 9.17) is 13.9 Å². The Kier molecular flexibility index (Phi) is 5.59. The van der Waals surface area contributed by atoms with Gasteiger partial charge in [-0.2, -0.15) is 4.31 Å². The van der Waals surface area contributed by atoms with Crippen molar-refractivity contribution >= 4 is 10.0 Å². The summed E-state index contributed by atoms with van der Waals surface area (Å²) in [7, 11) is -3.29. The molecule has 2 heterocycles. The largest absolute Gasteiger partial charge is 0.480 e. The van der Waals surface area contributed by atoms with Gasteiger partial charge in [-0.25, -0.2) is 8.42 Å². The summed E-state index contributed by atoms with van der Waals surface area (Å²) in [5.74, 6) is 1.38. The van der Waals surface area contributed by atoms with E-state index in [0.29, 0.717) is 18.9 Å². The number of aryl methyl sites for hydroxylation is 1. The molecule has 1 aliphatic heterocycles. The van der Waals surface area contributed by atoms with Crippen molar-refractivity contribution in [2.24, 2.45) is 0 Å². The van der Waals surface area contributed by atoms with Crippen LogP contribution in [0.2, 0.25) is 0 Å². The Bertz CT molecular complexity index is 852. The first-order valence-corrected chi connectivity index (χ1v) is 10.4. The highest BCUT2D eigenvalue weighted by Crippen LogP contribution is 2.29. The second-order valence-corrected chi connectivity index (χ2v) is 8.22. The number of aromatic nitrogens is 2. The standard InChI is InChI=1S/C17H23N3O5S/c1-4-13(24-14-8-6-5-7-12(14)2)16-18-19-17(25-16)15-11-20(9-10-23-15)26(3,21)22/h5-8,13,15H,4,9-11H2,1-3H3/t13-,15-/m0/s1. The van der Waals surface area contributed by atoms with E-state index in [9.17, 15) is 8.42 Å². The molecule has 26 heavy (non-hydrogen) atoms. The molecule has 0 N–H and O–H groups in total. The van der Waals surface area contributed by atoms with Crippen molar-refractivity contribution in [3.05, 3.63) is 41.6 Å². The highest BCUT2D eigenvalue weighted by Gasteiger charge is 2.32. The van der Waals surface area contributed by atoms with Gasteiger partial charge in [0.25, 0.3) is 5.89 Å². The molecule has 3 rings (SSSR count). The molecule has 1 aromatic carbocycles. The van der Waals surface area contributed by atoms with Crippen molar-refractivity contribution in [3.8, 4) is 5.75 Å². The van der Waals surface area contributed by atoms with Crippen LogP contribution in [0.5, 0.6) is 5.75 Å². The molecule has 1 fully saturated rings. The minimum absolute atomic E-state index is 0.163. The number of sulfonamides is 1. The van der Waals surface area contributed by atoms with E-state index in [1.165, 1.54) is 10.6 Å². The Morgan fingerprint density at radius 2 is 2.12 bits per heavy atom. The van der Waals surface area contributed by atoms with Gasteiger partial charge < -0.3 is 13.9 Å². The van der Waals surface area contributed by atoms with E-state index in [0.717, 1.165) is 11.3 Å². The lowest BCUT2D eigenvalue weighted by atomic mass is 10.2. The van der Waals surface area contributed by atoms with Crippen LogP contribution in [-0.2, 0) is 14.8 Å². The number of nitrogens with zero attached hydrogens (tertiary/aromatic N) is 3. The van der Waals surface area contributed by atoms with Crippen molar-refractivity contribution in [3.63, 3.8) is 0 Å². The van der Waals surface area contributed by atoms with Crippen molar-refractivity contribution in [1.29, 1.82) is 0 Å². The van der Waals surface area contributed by atoms with Gasteiger partial charge in [0, 0.05) is 13.1 Å². The van der Waals surface area contributed by atoms with Crippen LogP contribution in [-0.4, -0.2) is 48.9 Å². The lowest BCUT2D eigenvalue weighted by Gasteiger charge is -2.29. The van der Waals surface area contributed by atoms with E-state index >= 15 is 0 Å². The van der Waals surface area contributed by atoms with Crippen LogP contribution >= 0.6 is 0 Å². The Labute approximate surface area is 153 Å². The van der Waals surface area contributed by atoms with E-state index in [-0.39, 0.29) is 25.1 Å². The number of hydrogen-bond acceptors (Lipinski definition) is 7. The second-order valence-electron chi connectivity index (χ2n) is 6.24. The van der Waals surface area contributed by atoms with Crippen LogP contribution in [0.25, 0.3) is 0 Å². The monoisotopic (exact) mass is 381 g/mol. The third-order valence-corrected chi connectivity index (χ3v) is 5.51. The Balaban J connectivity index is 1.74. The fourth-order valence-corrected chi connectivity index (χ4v) is 3.55. The first-order chi connectivity index (χ1) is 12.4. The van der Waals surface area contributed by atoms with E-state index in [1.807, 2.05) is 38.1 Å². The number of morpholine rings is 1. The van der Waals surface area contributed by atoms with E-state index < -0.39 is 16.1 Å². The number of benzene rings is 1. The fourth-order valence-electron chi connectivity index (χ4n) is 2.73. The maximum Gasteiger partial charge on any atom is 0.257 e. The van der Waals surface area contributed by atoms with Crippen molar-refractivity contribution in [1.82, 2.24) is 14.5 Å². The van der Waals surface area contributed by atoms with Gasteiger partial charge in [0.2, 0.25) is 15.9 Å². The zero-order valence-electron chi connectivity index (χ0n) is 15.1. The summed E-state index contributed by atoms with van der Waals surface area (Å²) >= 11 is 0. The first-order valence-electron chi connectivity index (χ1n) is 8.50. The predicted molar refractivity (Wildman–Crippen MR) is 94.2 cm³/mol. The number of ether oxygens (including phenoxy) is 2. The summed E-state index contributed by atoms with van der Waals surface area (Å²) in [5, 5.41) is 8.13. The summed E-state index contributed by atoms with van der Waals surface area (Å²) in [4.78, 5) is 0. The average Bonchev–Trinajstić information content (AvgIpc) is 3.10. The highest BCUT2D eigenvalue weighted by molar-refractivity contribution is 7.88. The molecule has 0 spiro atoms. The van der Waals surface area contributed by atoms with Crippen molar-refractivity contribution in [2.75, 3.05) is 26.0 Å². The molecule has 1 aliphatic rings. The maximum absolute atomic E-state index is 11.7. The molecule has 0 radical (unpaired) electrons. The predicted octanol–water partition coefficient (Wildman–Crippen LogP) is 2.24. The SMILES string of the molecule is CC[C@H](Oc1ccccc1C)c1nnc([C@@H]2CN(S(C)(=O)=O)CCO2)o1. The number of para-hydroxylation sites is 1. The number of rotatable bonds is 6. The minimum Gasteiger partial charge on any atom is -0.480 e. The van der Waals surface area contributed by atoms with Crippen LogP contribution < -0.4 is 4.74 Å². The quantitative estimate of drug-likeness (QED) is 0.757. The maximum atomic E-state index is 11.7. The summed E-state index contributed by atoms with van der Waals surface area (Å²) in [5.41, 5.74) is 1.02. The van der Waals surface area contributed by atoms with Crippen LogP contribution in [0, 0.1) is 6.92 Å². The molecule has 8 nitrogen and oxygen atoms in total. The molecule has 142 valence electrons. The van der Waals surface area contributed by atoms with Gasteiger partial charge in [-0.15, -0.1) is 10.2 Å². The molecule has 0 unspecified atom stereocenters. The van der Waals surface area contributed by atoms with Crippen LogP contribution in [0.3, 0.4) is 0 Å². The lowest BCUT2D eigenvalue weighted by molar-refractivity contribution is -0.0186. The number of hydrogen-bond donors (Lipinski definition) is 0. The van der Waals surface area contributed by atoms with Crippen LogP contribution in [0.15, 0.2) is 28.7 Å². The van der Waals surface area contributed by atoms with Gasteiger partial charge in [0.05, 0.1) is 12.9 Å². The summed E-state index contributed by atoms with van der Waals surface area (Å²) in [6.07, 6.45) is 0.872. The summed E-state index contributed by atoms with van der Waals surface area (Å²) in [6, 6.07) is 7.71. The van der Waals surface area contributed by atoms with Crippen molar-refractivity contribution in [2.45, 2.75) is 32.5 Å². The molecule has 1 saturated heterocycles. The van der Waals surface area contributed by atoms with E-state index in [1.54, 1.807) is 0 Å². The molecule has 2 aromatic rings. The molecular weight excluding hydrogens is 358 g/mol. The van der Waals surface area contributed by atoms with E-state index in [2.05, 4.69) is 10.2 Å². The smallest absolute Gasteiger partial charge is 0.257 e. The van der Waals surface area contributed by atoms with Crippen molar-refractivity contribution < 1.29 is 22.3 Å². The zero-order valence-corrected chi connectivity index (χ0v) is 15.9. The zero-order chi connectivity index (χ0) is 18.7. The second kappa shape index (κ2) is 7.73. The third kappa shape index (κ3) is 4.22. The molecule has 9 heteroatoms. The molecule has 0 saturated carbocycles. The normalized spacial score (nSPS) is 20.0. The van der Waals surface area contributed by atoms with Gasteiger partial charge in [0.1, 0.15) is 11.9 Å². The van der Waals surface area contributed by atoms with Gasteiger partial charge in [-0.05, 0) is 25.0 Å². The fraction of sp³-hybridized carbons (Fsp3) is 0.529. The topological polar surface area (TPSA) is 94.8 Å². The third-order valence-electron chi connectivity index (χ3n) is 4.24. The highest BCUT2D eigenvalue weighted by atomic mass is 32.2. The molecule has 2 atom stereocenters. The summed E-state index contributed by atoms with van der Waals surface area (Å²) in [6.45, 7) is 4.71. The molecule has 0 aliphatic carbocycles. The molecule has 0 bridgehead atoms. The van der Waals surface area contributed by atoms with Crippen LogP contribution in [0.4, 0.5) is 0 Å². The Morgan fingerprint density at radius 1 is 1.35 bits per heavy atom. The average molecular weight is 381 g/mol. The van der Waals surface area contributed by atoms with Gasteiger partial charge in [-0.1, -0.05) is 25.1 Å². The van der Waals surface area contributed by atoms with Gasteiger partial charge in [0.15, 0.2) is 6.10 Å². The first kappa shape index (κ1) is 18.8. The summed E-state index contributed by atoms with van der Waals surface area (Å²) < 4.78 is 42.2. The lowest BCUT2D eigenvalue weighted by Crippen LogP contribution is -2.41. The minimum atomic E-state index is -3.29. The van der Waals surface area contributed by atoms with Gasteiger partial charge in [-0.3, -0.25) is 0 Å². The van der Waals surface area contributed by atoms with Gasteiger partial charge >= 0.3 is 0 Å². The Hall–Kier alpha value is -1.97.